The van der Waals surface area contributed by atoms with Crippen molar-refractivity contribution in [2.24, 2.45) is 5.73 Å². The van der Waals surface area contributed by atoms with Crippen molar-refractivity contribution < 1.29 is 4.74 Å². The molecule has 1 aromatic carbocycles. The first-order chi connectivity index (χ1) is 8.66. The molecule has 96 valence electrons. The average Bonchev–Trinajstić information content (AvgIpc) is 2.80. The SMILES string of the molecule is CC(N)Cc1cccc(Br)c1OCc1cscn1. The van der Waals surface area contributed by atoms with E-state index in [2.05, 4.69) is 20.9 Å². The Kier molecular flexibility index (Phi) is 4.74. The highest BCUT2D eigenvalue weighted by molar-refractivity contribution is 9.10. The van der Waals surface area contributed by atoms with Gasteiger partial charge in [0.25, 0.3) is 0 Å². The topological polar surface area (TPSA) is 48.1 Å². The van der Waals surface area contributed by atoms with E-state index in [0.717, 1.165) is 27.9 Å². The summed E-state index contributed by atoms with van der Waals surface area (Å²) in [5.74, 6) is 0.864. The Labute approximate surface area is 119 Å². The van der Waals surface area contributed by atoms with Gasteiger partial charge in [-0.2, -0.15) is 0 Å². The fourth-order valence-electron chi connectivity index (χ4n) is 1.68. The number of benzene rings is 1. The third-order valence-corrected chi connectivity index (χ3v) is 3.70. The zero-order chi connectivity index (χ0) is 13.0. The van der Waals surface area contributed by atoms with Gasteiger partial charge >= 0.3 is 0 Å². The van der Waals surface area contributed by atoms with Crippen LogP contribution in [0.1, 0.15) is 18.2 Å². The molecule has 18 heavy (non-hydrogen) atoms. The van der Waals surface area contributed by atoms with E-state index in [-0.39, 0.29) is 6.04 Å². The number of hydrogen-bond donors (Lipinski definition) is 1. The molecule has 1 aromatic heterocycles. The zero-order valence-corrected chi connectivity index (χ0v) is 12.5. The highest BCUT2D eigenvalue weighted by Gasteiger charge is 2.10. The van der Waals surface area contributed by atoms with Gasteiger partial charge in [0.05, 0.1) is 15.7 Å². The summed E-state index contributed by atoms with van der Waals surface area (Å²) < 4.78 is 6.81. The van der Waals surface area contributed by atoms with E-state index in [0.29, 0.717) is 6.61 Å². The fraction of sp³-hybridized carbons (Fsp3) is 0.308. The third-order valence-electron chi connectivity index (χ3n) is 2.44. The molecule has 5 heteroatoms. The minimum Gasteiger partial charge on any atom is -0.486 e. The molecule has 2 aromatic rings. The van der Waals surface area contributed by atoms with E-state index < -0.39 is 0 Å². The molecular weight excluding hydrogens is 312 g/mol. The van der Waals surface area contributed by atoms with Crippen LogP contribution in [0.15, 0.2) is 33.6 Å². The largest absolute Gasteiger partial charge is 0.486 e. The maximum atomic E-state index is 5.85. The van der Waals surface area contributed by atoms with Crippen LogP contribution in [-0.4, -0.2) is 11.0 Å². The molecule has 0 spiro atoms. The molecule has 0 aliphatic rings. The van der Waals surface area contributed by atoms with Crippen molar-refractivity contribution in [1.29, 1.82) is 0 Å². The Hall–Kier alpha value is -0.910. The highest BCUT2D eigenvalue weighted by atomic mass is 79.9. The van der Waals surface area contributed by atoms with Crippen molar-refractivity contribution in [2.45, 2.75) is 26.0 Å². The van der Waals surface area contributed by atoms with Gasteiger partial charge in [-0.05, 0) is 40.9 Å². The Balaban J connectivity index is 2.14. The van der Waals surface area contributed by atoms with Crippen LogP contribution in [0, 0.1) is 0 Å². The number of nitrogens with two attached hydrogens (primary N) is 1. The molecule has 0 aliphatic carbocycles. The summed E-state index contributed by atoms with van der Waals surface area (Å²) in [7, 11) is 0. The Bertz CT molecular complexity index is 500. The van der Waals surface area contributed by atoms with Gasteiger partial charge in [0, 0.05) is 11.4 Å². The Morgan fingerprint density at radius 3 is 3.00 bits per heavy atom. The van der Waals surface area contributed by atoms with Gasteiger partial charge < -0.3 is 10.5 Å². The van der Waals surface area contributed by atoms with Crippen LogP contribution >= 0.6 is 27.3 Å². The summed E-state index contributed by atoms with van der Waals surface area (Å²) in [4.78, 5) is 4.21. The standard InChI is InChI=1S/C13H15BrN2OS/c1-9(15)5-10-3-2-4-12(14)13(10)17-6-11-7-18-8-16-11/h2-4,7-9H,5-6,15H2,1H3. The lowest BCUT2D eigenvalue weighted by Gasteiger charge is -2.14. The smallest absolute Gasteiger partial charge is 0.137 e. The summed E-state index contributed by atoms with van der Waals surface area (Å²) in [6.45, 7) is 2.48. The lowest BCUT2D eigenvalue weighted by atomic mass is 10.1. The molecule has 1 heterocycles. The molecule has 1 atom stereocenters. The predicted octanol–water partition coefficient (Wildman–Crippen LogP) is 3.37. The molecular formula is C13H15BrN2OS. The lowest BCUT2D eigenvalue weighted by Crippen LogP contribution is -2.18. The normalized spacial score (nSPS) is 12.4. The minimum absolute atomic E-state index is 0.112. The fourth-order valence-corrected chi connectivity index (χ4v) is 2.74. The van der Waals surface area contributed by atoms with Crippen LogP contribution in [-0.2, 0) is 13.0 Å². The van der Waals surface area contributed by atoms with Crippen molar-refractivity contribution in [3.8, 4) is 5.75 Å². The van der Waals surface area contributed by atoms with Crippen LogP contribution in [0.3, 0.4) is 0 Å². The maximum absolute atomic E-state index is 5.85. The molecule has 0 aliphatic heterocycles. The molecule has 1 unspecified atom stereocenters. The molecule has 0 amide bonds. The summed E-state index contributed by atoms with van der Waals surface area (Å²) in [5.41, 5.74) is 9.73. The van der Waals surface area contributed by atoms with Crippen LogP contribution < -0.4 is 10.5 Å². The van der Waals surface area contributed by atoms with E-state index in [4.69, 9.17) is 10.5 Å². The van der Waals surface area contributed by atoms with Crippen molar-refractivity contribution in [2.75, 3.05) is 0 Å². The predicted molar refractivity (Wildman–Crippen MR) is 77.9 cm³/mol. The number of thiazole rings is 1. The Morgan fingerprint density at radius 2 is 2.33 bits per heavy atom. The first kappa shape index (κ1) is 13.5. The Morgan fingerprint density at radius 1 is 1.50 bits per heavy atom. The summed E-state index contributed by atoms with van der Waals surface area (Å²) in [6.07, 6.45) is 0.797. The van der Waals surface area contributed by atoms with E-state index in [1.165, 1.54) is 0 Å². The van der Waals surface area contributed by atoms with E-state index in [1.807, 2.05) is 36.0 Å². The first-order valence-corrected chi connectivity index (χ1v) is 7.43. The molecule has 0 fully saturated rings. The number of rotatable bonds is 5. The van der Waals surface area contributed by atoms with E-state index in [1.54, 1.807) is 11.3 Å². The third kappa shape index (κ3) is 3.54. The minimum atomic E-state index is 0.112. The summed E-state index contributed by atoms with van der Waals surface area (Å²) >= 11 is 5.09. The van der Waals surface area contributed by atoms with Crippen molar-refractivity contribution >= 4 is 27.3 Å². The second-order valence-electron chi connectivity index (χ2n) is 4.18. The molecule has 0 saturated carbocycles. The average molecular weight is 327 g/mol. The summed E-state index contributed by atoms with van der Waals surface area (Å²) in [5, 5.41) is 1.99. The monoisotopic (exact) mass is 326 g/mol. The maximum Gasteiger partial charge on any atom is 0.137 e. The lowest BCUT2D eigenvalue weighted by molar-refractivity contribution is 0.296. The van der Waals surface area contributed by atoms with Gasteiger partial charge in [0.1, 0.15) is 12.4 Å². The van der Waals surface area contributed by atoms with Gasteiger partial charge in [0.2, 0.25) is 0 Å². The van der Waals surface area contributed by atoms with Crippen LogP contribution in [0.2, 0.25) is 0 Å². The van der Waals surface area contributed by atoms with Gasteiger partial charge in [-0.15, -0.1) is 11.3 Å². The summed E-state index contributed by atoms with van der Waals surface area (Å²) in [6, 6.07) is 6.13. The quantitative estimate of drug-likeness (QED) is 0.916. The number of halogens is 1. The van der Waals surface area contributed by atoms with Gasteiger partial charge in [-0.1, -0.05) is 12.1 Å². The number of aromatic nitrogens is 1. The van der Waals surface area contributed by atoms with E-state index >= 15 is 0 Å². The number of ether oxygens (including phenoxy) is 1. The van der Waals surface area contributed by atoms with E-state index in [9.17, 15) is 0 Å². The number of hydrogen-bond acceptors (Lipinski definition) is 4. The van der Waals surface area contributed by atoms with Crippen molar-refractivity contribution in [3.05, 3.63) is 44.8 Å². The molecule has 0 bridgehead atoms. The van der Waals surface area contributed by atoms with Gasteiger partial charge in [-0.25, -0.2) is 4.98 Å². The van der Waals surface area contributed by atoms with Crippen molar-refractivity contribution in [3.63, 3.8) is 0 Å². The second kappa shape index (κ2) is 6.31. The molecule has 0 saturated heterocycles. The van der Waals surface area contributed by atoms with Crippen LogP contribution in [0.5, 0.6) is 5.75 Å². The molecule has 0 radical (unpaired) electrons. The van der Waals surface area contributed by atoms with Crippen molar-refractivity contribution in [1.82, 2.24) is 4.98 Å². The molecule has 2 N–H and O–H groups in total. The van der Waals surface area contributed by atoms with Crippen LogP contribution in [0.25, 0.3) is 0 Å². The first-order valence-electron chi connectivity index (χ1n) is 5.69. The molecule has 2 rings (SSSR count). The van der Waals surface area contributed by atoms with Crippen LogP contribution in [0.4, 0.5) is 0 Å². The second-order valence-corrected chi connectivity index (χ2v) is 5.75. The zero-order valence-electron chi connectivity index (χ0n) is 10.1. The molecule has 3 nitrogen and oxygen atoms in total. The highest BCUT2D eigenvalue weighted by Crippen LogP contribution is 2.30. The van der Waals surface area contributed by atoms with Gasteiger partial charge in [0.15, 0.2) is 0 Å². The van der Waals surface area contributed by atoms with Gasteiger partial charge in [-0.3, -0.25) is 0 Å². The number of nitrogens with zero attached hydrogens (tertiary/aromatic N) is 1. The number of para-hydroxylation sites is 1.